The first-order valence-electron chi connectivity index (χ1n) is 7.90. The fraction of sp³-hybridized carbons (Fsp3) is 0.647. The van der Waals surface area contributed by atoms with E-state index in [0.717, 1.165) is 13.1 Å². The summed E-state index contributed by atoms with van der Waals surface area (Å²) in [6.07, 6.45) is 6.53. The zero-order chi connectivity index (χ0) is 13.3. The standard InChI is InChI=1S/C17H28N2/c1-2-3-6-11-18-12-14-19-13-7-10-16-8-4-5-9-17(16)15-19/h4-5,8-9,18H,2-3,6-7,10-15H2,1H3. The van der Waals surface area contributed by atoms with Gasteiger partial charge in [0.05, 0.1) is 0 Å². The van der Waals surface area contributed by atoms with Crippen molar-refractivity contribution < 1.29 is 0 Å². The highest BCUT2D eigenvalue weighted by Crippen LogP contribution is 2.17. The molecule has 0 aromatic heterocycles. The van der Waals surface area contributed by atoms with Crippen LogP contribution in [0.1, 0.15) is 43.7 Å². The van der Waals surface area contributed by atoms with Gasteiger partial charge in [-0.05, 0) is 43.5 Å². The van der Waals surface area contributed by atoms with Crippen molar-refractivity contribution in [3.63, 3.8) is 0 Å². The number of nitrogens with zero attached hydrogens (tertiary/aromatic N) is 1. The van der Waals surface area contributed by atoms with Gasteiger partial charge in [0.2, 0.25) is 0 Å². The maximum absolute atomic E-state index is 3.57. The molecule has 1 aromatic carbocycles. The van der Waals surface area contributed by atoms with Crippen molar-refractivity contribution in [3.05, 3.63) is 35.4 Å². The van der Waals surface area contributed by atoms with Crippen LogP contribution < -0.4 is 5.32 Å². The minimum absolute atomic E-state index is 1.13. The Kier molecular flexibility index (Phi) is 6.38. The molecule has 0 saturated carbocycles. The summed E-state index contributed by atoms with van der Waals surface area (Å²) in [5.41, 5.74) is 3.09. The summed E-state index contributed by atoms with van der Waals surface area (Å²) in [4.78, 5) is 2.60. The summed E-state index contributed by atoms with van der Waals surface area (Å²) in [5, 5.41) is 3.57. The van der Waals surface area contributed by atoms with E-state index in [9.17, 15) is 0 Å². The van der Waals surface area contributed by atoms with Crippen LogP contribution in [-0.2, 0) is 13.0 Å². The lowest BCUT2D eigenvalue weighted by Gasteiger charge is -2.20. The SMILES string of the molecule is CCCCCNCCN1CCCc2ccccc2C1. The van der Waals surface area contributed by atoms with Gasteiger partial charge in [-0.2, -0.15) is 0 Å². The van der Waals surface area contributed by atoms with Gasteiger partial charge in [0, 0.05) is 19.6 Å². The fourth-order valence-corrected chi connectivity index (χ4v) is 2.82. The van der Waals surface area contributed by atoms with E-state index in [0.29, 0.717) is 0 Å². The molecule has 1 aromatic rings. The molecule has 0 atom stereocenters. The molecule has 1 aliphatic rings. The maximum Gasteiger partial charge on any atom is 0.0237 e. The van der Waals surface area contributed by atoms with Crippen LogP contribution in [0, 0.1) is 0 Å². The van der Waals surface area contributed by atoms with Crippen LogP contribution in [-0.4, -0.2) is 31.1 Å². The van der Waals surface area contributed by atoms with Gasteiger partial charge in [-0.15, -0.1) is 0 Å². The summed E-state index contributed by atoms with van der Waals surface area (Å²) >= 11 is 0. The third kappa shape index (κ3) is 4.96. The second kappa shape index (κ2) is 8.34. The van der Waals surface area contributed by atoms with Gasteiger partial charge >= 0.3 is 0 Å². The largest absolute Gasteiger partial charge is 0.315 e. The van der Waals surface area contributed by atoms with Crippen molar-refractivity contribution in [2.45, 2.75) is 45.6 Å². The number of hydrogen-bond acceptors (Lipinski definition) is 2. The van der Waals surface area contributed by atoms with E-state index in [1.807, 2.05) is 0 Å². The molecule has 0 saturated heterocycles. The Morgan fingerprint density at radius 2 is 1.95 bits per heavy atom. The Hall–Kier alpha value is -0.860. The topological polar surface area (TPSA) is 15.3 Å². The number of fused-ring (bicyclic) bond motifs is 1. The van der Waals surface area contributed by atoms with Gasteiger partial charge in [-0.1, -0.05) is 44.0 Å². The highest BCUT2D eigenvalue weighted by atomic mass is 15.1. The fourth-order valence-electron chi connectivity index (χ4n) is 2.82. The summed E-state index contributed by atoms with van der Waals surface area (Å²) in [5.74, 6) is 0. The van der Waals surface area contributed by atoms with Gasteiger partial charge in [0.25, 0.3) is 0 Å². The third-order valence-electron chi connectivity index (χ3n) is 3.99. The molecule has 0 spiro atoms. The molecule has 106 valence electrons. The van der Waals surface area contributed by atoms with Gasteiger partial charge in [-0.3, -0.25) is 4.90 Å². The second-order valence-electron chi connectivity index (χ2n) is 5.61. The van der Waals surface area contributed by atoms with Crippen molar-refractivity contribution in [2.24, 2.45) is 0 Å². The van der Waals surface area contributed by atoms with E-state index in [1.165, 1.54) is 57.3 Å². The minimum atomic E-state index is 1.13. The Bertz CT molecular complexity index is 362. The van der Waals surface area contributed by atoms with Crippen molar-refractivity contribution in [3.8, 4) is 0 Å². The molecule has 0 unspecified atom stereocenters. The highest BCUT2D eigenvalue weighted by Gasteiger charge is 2.12. The summed E-state index contributed by atoms with van der Waals surface area (Å²) in [6, 6.07) is 8.93. The lowest BCUT2D eigenvalue weighted by atomic mass is 10.0. The second-order valence-corrected chi connectivity index (χ2v) is 5.61. The predicted octanol–water partition coefficient (Wildman–Crippen LogP) is 3.21. The lowest BCUT2D eigenvalue weighted by molar-refractivity contribution is 0.269. The molecule has 1 aliphatic heterocycles. The zero-order valence-electron chi connectivity index (χ0n) is 12.3. The van der Waals surface area contributed by atoms with Crippen LogP contribution in [0.4, 0.5) is 0 Å². The van der Waals surface area contributed by atoms with Gasteiger partial charge < -0.3 is 5.32 Å². The first-order valence-corrected chi connectivity index (χ1v) is 7.90. The monoisotopic (exact) mass is 260 g/mol. The molecule has 1 N–H and O–H groups in total. The van der Waals surface area contributed by atoms with Crippen LogP contribution in [0.15, 0.2) is 24.3 Å². The number of aryl methyl sites for hydroxylation is 1. The molecule has 2 nitrogen and oxygen atoms in total. The number of nitrogens with one attached hydrogen (secondary N) is 1. The third-order valence-corrected chi connectivity index (χ3v) is 3.99. The van der Waals surface area contributed by atoms with E-state index in [1.54, 1.807) is 5.56 Å². The number of unbranched alkanes of at least 4 members (excludes halogenated alkanes) is 2. The predicted molar refractivity (Wildman–Crippen MR) is 82.4 cm³/mol. The summed E-state index contributed by atoms with van der Waals surface area (Å²) in [7, 11) is 0. The van der Waals surface area contributed by atoms with Crippen molar-refractivity contribution in [1.29, 1.82) is 0 Å². The van der Waals surface area contributed by atoms with Crippen LogP contribution in [0.2, 0.25) is 0 Å². The molecule has 0 bridgehead atoms. The first kappa shape index (κ1) is 14.5. The van der Waals surface area contributed by atoms with Crippen LogP contribution in [0.3, 0.4) is 0 Å². The molecule has 0 radical (unpaired) electrons. The quantitative estimate of drug-likeness (QED) is 0.757. The first-order chi connectivity index (χ1) is 9.40. The Balaban J connectivity index is 1.70. The van der Waals surface area contributed by atoms with Crippen molar-refractivity contribution in [2.75, 3.05) is 26.2 Å². The molecular weight excluding hydrogens is 232 g/mol. The average Bonchev–Trinajstić information content (AvgIpc) is 2.64. The summed E-state index contributed by atoms with van der Waals surface area (Å²) < 4.78 is 0. The number of benzene rings is 1. The Labute approximate surface area is 118 Å². The smallest absolute Gasteiger partial charge is 0.0237 e. The molecular formula is C17H28N2. The van der Waals surface area contributed by atoms with E-state index in [-0.39, 0.29) is 0 Å². The van der Waals surface area contributed by atoms with E-state index < -0.39 is 0 Å². The molecule has 19 heavy (non-hydrogen) atoms. The average molecular weight is 260 g/mol. The molecule has 1 heterocycles. The van der Waals surface area contributed by atoms with E-state index in [2.05, 4.69) is 41.4 Å². The van der Waals surface area contributed by atoms with Gasteiger partial charge in [-0.25, -0.2) is 0 Å². The molecule has 0 aliphatic carbocycles. The Morgan fingerprint density at radius 1 is 1.11 bits per heavy atom. The van der Waals surface area contributed by atoms with Crippen LogP contribution >= 0.6 is 0 Å². The minimum Gasteiger partial charge on any atom is -0.315 e. The summed E-state index contributed by atoms with van der Waals surface area (Å²) in [6.45, 7) is 8.12. The zero-order valence-corrected chi connectivity index (χ0v) is 12.3. The highest BCUT2D eigenvalue weighted by molar-refractivity contribution is 5.27. The molecule has 2 rings (SSSR count). The van der Waals surface area contributed by atoms with Gasteiger partial charge in [0.15, 0.2) is 0 Å². The lowest BCUT2D eigenvalue weighted by Crippen LogP contribution is -2.32. The van der Waals surface area contributed by atoms with Crippen LogP contribution in [0.25, 0.3) is 0 Å². The van der Waals surface area contributed by atoms with Gasteiger partial charge in [0.1, 0.15) is 0 Å². The van der Waals surface area contributed by atoms with Crippen LogP contribution in [0.5, 0.6) is 0 Å². The van der Waals surface area contributed by atoms with Crippen molar-refractivity contribution in [1.82, 2.24) is 10.2 Å². The number of hydrogen-bond donors (Lipinski definition) is 1. The van der Waals surface area contributed by atoms with E-state index in [4.69, 9.17) is 0 Å². The Morgan fingerprint density at radius 3 is 2.79 bits per heavy atom. The molecule has 0 fully saturated rings. The van der Waals surface area contributed by atoms with Crippen molar-refractivity contribution >= 4 is 0 Å². The maximum atomic E-state index is 3.57. The molecule has 2 heteroatoms. The van der Waals surface area contributed by atoms with E-state index >= 15 is 0 Å². The normalized spacial score (nSPS) is 16.1. The number of rotatable bonds is 7. The molecule has 0 amide bonds.